The van der Waals surface area contributed by atoms with Crippen LogP contribution >= 0.6 is 0 Å². The maximum absolute atomic E-state index is 12.6. The Morgan fingerprint density at radius 1 is 1.00 bits per heavy atom. The summed E-state index contributed by atoms with van der Waals surface area (Å²) in [5.41, 5.74) is 3.86. The highest BCUT2D eigenvalue weighted by Gasteiger charge is 2.21. The van der Waals surface area contributed by atoms with E-state index in [-0.39, 0.29) is 5.69 Å². The van der Waals surface area contributed by atoms with Gasteiger partial charge in [-0.3, -0.25) is 4.57 Å². The second-order valence-corrected chi connectivity index (χ2v) is 7.10. The van der Waals surface area contributed by atoms with Crippen LogP contribution in [0.15, 0.2) is 47.3 Å². The van der Waals surface area contributed by atoms with Crippen molar-refractivity contribution in [3.05, 3.63) is 64.1 Å². The van der Waals surface area contributed by atoms with Crippen LogP contribution in [0.4, 0.5) is 5.82 Å². The van der Waals surface area contributed by atoms with Gasteiger partial charge in [0.15, 0.2) is 11.5 Å². The molecule has 1 aliphatic heterocycles. The SMILES string of the molecule is COc1ccc(CCNc2cc3n(c(=O)n2)CCc2cc(OC)c(OC)cc2-3)cc1. The third-order valence-electron chi connectivity index (χ3n) is 5.38. The Hall–Kier alpha value is -3.48. The molecule has 7 heteroatoms. The van der Waals surface area contributed by atoms with Gasteiger partial charge in [0.1, 0.15) is 11.6 Å². The summed E-state index contributed by atoms with van der Waals surface area (Å²) in [6.45, 7) is 1.26. The Kier molecular flexibility index (Phi) is 5.61. The molecule has 0 spiro atoms. The molecule has 0 radical (unpaired) electrons. The summed E-state index contributed by atoms with van der Waals surface area (Å²) in [4.78, 5) is 16.8. The first kappa shape index (κ1) is 19.8. The molecular weight excluding hydrogens is 382 g/mol. The molecule has 1 aliphatic rings. The van der Waals surface area contributed by atoms with E-state index in [2.05, 4.69) is 10.3 Å². The average molecular weight is 407 g/mol. The van der Waals surface area contributed by atoms with Crippen LogP contribution in [-0.4, -0.2) is 37.4 Å². The summed E-state index contributed by atoms with van der Waals surface area (Å²) in [5, 5.41) is 3.28. The van der Waals surface area contributed by atoms with Crippen molar-refractivity contribution in [2.45, 2.75) is 19.4 Å². The number of methoxy groups -OCH3 is 3. The van der Waals surface area contributed by atoms with Crippen molar-refractivity contribution in [2.24, 2.45) is 0 Å². The van der Waals surface area contributed by atoms with E-state index >= 15 is 0 Å². The Balaban J connectivity index is 1.58. The Morgan fingerprint density at radius 2 is 1.73 bits per heavy atom. The zero-order valence-corrected chi connectivity index (χ0v) is 17.4. The molecule has 0 bridgehead atoms. The summed E-state index contributed by atoms with van der Waals surface area (Å²) in [6, 6.07) is 13.8. The van der Waals surface area contributed by atoms with E-state index in [4.69, 9.17) is 14.2 Å². The van der Waals surface area contributed by atoms with Gasteiger partial charge in [0, 0.05) is 24.7 Å². The molecule has 2 heterocycles. The summed E-state index contributed by atoms with van der Waals surface area (Å²) in [6.07, 6.45) is 1.56. The second kappa shape index (κ2) is 8.49. The quantitative estimate of drug-likeness (QED) is 0.649. The normalized spacial score (nSPS) is 12.0. The first-order valence-corrected chi connectivity index (χ1v) is 9.87. The Morgan fingerprint density at radius 3 is 2.43 bits per heavy atom. The van der Waals surface area contributed by atoms with Gasteiger partial charge in [-0.15, -0.1) is 0 Å². The maximum atomic E-state index is 12.6. The number of fused-ring (bicyclic) bond motifs is 3. The number of nitrogens with one attached hydrogen (secondary N) is 1. The van der Waals surface area contributed by atoms with E-state index in [0.29, 0.717) is 30.4 Å². The van der Waals surface area contributed by atoms with Crippen LogP contribution in [0.3, 0.4) is 0 Å². The molecule has 0 unspecified atom stereocenters. The molecule has 156 valence electrons. The van der Waals surface area contributed by atoms with Crippen molar-refractivity contribution in [1.82, 2.24) is 9.55 Å². The fraction of sp³-hybridized carbons (Fsp3) is 0.304. The number of nitrogens with zero attached hydrogens (tertiary/aromatic N) is 2. The topological polar surface area (TPSA) is 74.6 Å². The lowest BCUT2D eigenvalue weighted by Crippen LogP contribution is -2.29. The number of ether oxygens (including phenoxy) is 3. The Bertz CT molecular complexity index is 1110. The Labute approximate surface area is 175 Å². The molecule has 0 saturated heterocycles. The monoisotopic (exact) mass is 407 g/mol. The van der Waals surface area contributed by atoms with Gasteiger partial charge < -0.3 is 19.5 Å². The second-order valence-electron chi connectivity index (χ2n) is 7.10. The molecule has 4 rings (SSSR count). The lowest BCUT2D eigenvalue weighted by atomic mass is 9.97. The van der Waals surface area contributed by atoms with E-state index in [1.807, 2.05) is 42.5 Å². The third-order valence-corrected chi connectivity index (χ3v) is 5.38. The summed E-state index contributed by atoms with van der Waals surface area (Å²) in [7, 11) is 4.89. The standard InChI is InChI=1S/C23H25N3O4/c1-28-17-6-4-15(5-7-17)8-10-24-22-14-19-18-13-21(30-3)20(29-2)12-16(18)9-11-26(19)23(27)25-22/h4-7,12-14H,8-11H2,1-3H3,(H,24,25,27). The number of hydrogen-bond acceptors (Lipinski definition) is 6. The molecule has 0 fully saturated rings. The van der Waals surface area contributed by atoms with Crippen LogP contribution in [0.2, 0.25) is 0 Å². The fourth-order valence-electron chi connectivity index (χ4n) is 3.76. The van der Waals surface area contributed by atoms with Crippen molar-refractivity contribution in [1.29, 1.82) is 0 Å². The highest BCUT2D eigenvalue weighted by molar-refractivity contribution is 5.71. The molecule has 0 saturated carbocycles. The summed E-state index contributed by atoms with van der Waals surface area (Å²) < 4.78 is 17.8. The molecule has 2 aromatic carbocycles. The fourth-order valence-corrected chi connectivity index (χ4v) is 3.76. The molecule has 0 atom stereocenters. The molecule has 0 amide bonds. The minimum absolute atomic E-state index is 0.250. The third kappa shape index (κ3) is 3.83. The smallest absolute Gasteiger partial charge is 0.349 e. The van der Waals surface area contributed by atoms with Crippen molar-refractivity contribution >= 4 is 5.82 Å². The maximum Gasteiger partial charge on any atom is 0.349 e. The summed E-state index contributed by atoms with van der Waals surface area (Å²) in [5.74, 6) is 2.74. The van der Waals surface area contributed by atoms with Crippen LogP contribution in [0.25, 0.3) is 11.3 Å². The lowest BCUT2D eigenvalue weighted by molar-refractivity contribution is 0.354. The van der Waals surface area contributed by atoms with Crippen LogP contribution in [0.1, 0.15) is 11.1 Å². The van der Waals surface area contributed by atoms with Crippen molar-refractivity contribution in [2.75, 3.05) is 33.2 Å². The van der Waals surface area contributed by atoms with E-state index in [1.54, 1.807) is 25.9 Å². The first-order valence-electron chi connectivity index (χ1n) is 9.87. The van der Waals surface area contributed by atoms with Crippen molar-refractivity contribution in [3.8, 4) is 28.5 Å². The molecular formula is C23H25N3O4. The first-order chi connectivity index (χ1) is 14.6. The van der Waals surface area contributed by atoms with Gasteiger partial charge in [-0.25, -0.2) is 4.79 Å². The summed E-state index contributed by atoms with van der Waals surface area (Å²) >= 11 is 0. The van der Waals surface area contributed by atoms with Crippen LogP contribution in [-0.2, 0) is 19.4 Å². The molecule has 1 N–H and O–H groups in total. The average Bonchev–Trinajstić information content (AvgIpc) is 2.78. The van der Waals surface area contributed by atoms with Crippen molar-refractivity contribution in [3.63, 3.8) is 0 Å². The van der Waals surface area contributed by atoms with E-state index in [1.165, 1.54) is 5.56 Å². The minimum Gasteiger partial charge on any atom is -0.497 e. The predicted molar refractivity (Wildman–Crippen MR) is 116 cm³/mol. The van der Waals surface area contributed by atoms with Gasteiger partial charge in [-0.2, -0.15) is 4.98 Å². The van der Waals surface area contributed by atoms with E-state index in [9.17, 15) is 4.79 Å². The highest BCUT2D eigenvalue weighted by Crippen LogP contribution is 2.38. The number of anilines is 1. The van der Waals surface area contributed by atoms with Crippen LogP contribution < -0.4 is 25.2 Å². The zero-order valence-electron chi connectivity index (χ0n) is 17.4. The molecule has 30 heavy (non-hydrogen) atoms. The van der Waals surface area contributed by atoms with Crippen LogP contribution in [0.5, 0.6) is 17.2 Å². The zero-order chi connectivity index (χ0) is 21.1. The number of hydrogen-bond donors (Lipinski definition) is 1. The largest absolute Gasteiger partial charge is 0.497 e. The number of aromatic nitrogens is 2. The van der Waals surface area contributed by atoms with Gasteiger partial charge in [-0.05, 0) is 48.2 Å². The van der Waals surface area contributed by atoms with Gasteiger partial charge in [0.05, 0.1) is 27.0 Å². The van der Waals surface area contributed by atoms with Gasteiger partial charge in [0.25, 0.3) is 0 Å². The van der Waals surface area contributed by atoms with Crippen molar-refractivity contribution < 1.29 is 14.2 Å². The number of aryl methyl sites for hydroxylation is 1. The van der Waals surface area contributed by atoms with Crippen LogP contribution in [0, 0.1) is 0 Å². The highest BCUT2D eigenvalue weighted by atomic mass is 16.5. The molecule has 7 nitrogen and oxygen atoms in total. The minimum atomic E-state index is -0.250. The van der Waals surface area contributed by atoms with Gasteiger partial charge >= 0.3 is 5.69 Å². The van der Waals surface area contributed by atoms with E-state index < -0.39 is 0 Å². The molecule has 3 aromatic rings. The lowest BCUT2D eigenvalue weighted by Gasteiger charge is -2.23. The van der Waals surface area contributed by atoms with E-state index in [0.717, 1.165) is 35.4 Å². The van der Waals surface area contributed by atoms with Gasteiger partial charge in [0.2, 0.25) is 0 Å². The molecule has 0 aliphatic carbocycles. The predicted octanol–water partition coefficient (Wildman–Crippen LogP) is 3.15. The number of benzene rings is 2. The number of rotatable bonds is 7. The molecule has 1 aromatic heterocycles. The van der Waals surface area contributed by atoms with Gasteiger partial charge in [-0.1, -0.05) is 12.1 Å².